The Morgan fingerprint density at radius 3 is 0.571 bits per heavy atom. The Labute approximate surface area is 438 Å². The average molecular weight is 990 g/mol. The molecular formula is C64H124O6. The molecule has 0 aliphatic carbocycles. The first kappa shape index (κ1) is 68.4. The Balaban J connectivity index is 3.86. The highest BCUT2D eigenvalue weighted by Gasteiger charge is 2.19. The van der Waals surface area contributed by atoms with Crippen molar-refractivity contribution >= 4 is 17.9 Å². The number of carbonyl (C=O) groups is 3. The van der Waals surface area contributed by atoms with Gasteiger partial charge in [-0.2, -0.15) is 0 Å². The van der Waals surface area contributed by atoms with E-state index >= 15 is 0 Å². The minimum atomic E-state index is -0.759. The summed E-state index contributed by atoms with van der Waals surface area (Å²) in [6.07, 6.45) is 68.8. The van der Waals surface area contributed by atoms with E-state index < -0.39 is 6.10 Å². The standard InChI is InChI=1S/C64H124O6/c1-4-7-10-13-16-18-20-22-23-24-25-26-27-28-29-30-31-32-33-34-35-36-37-38-39-40-41-42-44-45-48-51-54-57-63(66)69-60-61(59-68-62(65)56-53-50-47-15-12-9-6-3)70-64(67)58-55-52-49-46-43-21-19-17-14-11-8-5-2/h61H,4-60H2,1-3H3. The molecule has 0 rings (SSSR count). The van der Waals surface area contributed by atoms with Crippen LogP contribution in [0.15, 0.2) is 0 Å². The number of rotatable bonds is 60. The van der Waals surface area contributed by atoms with Gasteiger partial charge in [0.05, 0.1) is 0 Å². The zero-order chi connectivity index (χ0) is 50.7. The molecule has 0 fully saturated rings. The predicted octanol–water partition coefficient (Wildman–Crippen LogP) is 21.5. The molecule has 0 aromatic carbocycles. The molecule has 0 aliphatic rings. The van der Waals surface area contributed by atoms with Gasteiger partial charge in [0.25, 0.3) is 0 Å². The van der Waals surface area contributed by atoms with Crippen molar-refractivity contribution in [2.45, 2.75) is 380 Å². The van der Waals surface area contributed by atoms with Crippen molar-refractivity contribution in [1.82, 2.24) is 0 Å². The largest absolute Gasteiger partial charge is 0.462 e. The lowest BCUT2D eigenvalue weighted by atomic mass is 10.0. The van der Waals surface area contributed by atoms with Crippen LogP contribution in [0.25, 0.3) is 0 Å². The summed E-state index contributed by atoms with van der Waals surface area (Å²) in [6.45, 7) is 6.66. The van der Waals surface area contributed by atoms with Crippen LogP contribution < -0.4 is 0 Å². The summed E-state index contributed by atoms with van der Waals surface area (Å²) in [6, 6.07) is 0. The second-order valence-electron chi connectivity index (χ2n) is 22.1. The zero-order valence-electron chi connectivity index (χ0n) is 47.8. The predicted molar refractivity (Wildman–Crippen MR) is 303 cm³/mol. The molecule has 0 aliphatic heterocycles. The van der Waals surface area contributed by atoms with Crippen molar-refractivity contribution in [3.63, 3.8) is 0 Å². The third kappa shape index (κ3) is 57.3. The van der Waals surface area contributed by atoms with Gasteiger partial charge >= 0.3 is 17.9 Å². The lowest BCUT2D eigenvalue weighted by Gasteiger charge is -2.18. The normalized spacial score (nSPS) is 11.9. The first-order chi connectivity index (χ1) is 34.5. The van der Waals surface area contributed by atoms with Crippen molar-refractivity contribution in [1.29, 1.82) is 0 Å². The Kier molecular flexibility index (Phi) is 58.6. The molecule has 416 valence electrons. The molecule has 0 N–H and O–H groups in total. The van der Waals surface area contributed by atoms with E-state index in [-0.39, 0.29) is 31.1 Å². The van der Waals surface area contributed by atoms with Crippen LogP contribution in [0.5, 0.6) is 0 Å². The summed E-state index contributed by atoms with van der Waals surface area (Å²) in [5.41, 5.74) is 0. The molecule has 0 saturated carbocycles. The van der Waals surface area contributed by atoms with Crippen LogP contribution >= 0.6 is 0 Å². The van der Waals surface area contributed by atoms with E-state index in [1.165, 1.54) is 276 Å². The molecule has 70 heavy (non-hydrogen) atoms. The molecule has 6 nitrogen and oxygen atoms in total. The Morgan fingerprint density at radius 1 is 0.229 bits per heavy atom. The highest BCUT2D eigenvalue weighted by Crippen LogP contribution is 2.19. The van der Waals surface area contributed by atoms with Crippen LogP contribution in [-0.4, -0.2) is 37.2 Å². The van der Waals surface area contributed by atoms with E-state index in [0.29, 0.717) is 19.3 Å². The Morgan fingerprint density at radius 2 is 0.386 bits per heavy atom. The molecule has 1 unspecified atom stereocenters. The SMILES string of the molecule is CCCCCCCCCCCCCCCCCCCCCCCCCCCCCCCCCCCC(=O)OCC(COC(=O)CCCCCCCCC)OC(=O)CCCCCCCCCCCCCC. The van der Waals surface area contributed by atoms with Crippen molar-refractivity contribution in [3.05, 3.63) is 0 Å². The lowest BCUT2D eigenvalue weighted by molar-refractivity contribution is -0.167. The first-order valence-electron chi connectivity index (χ1n) is 32.0. The van der Waals surface area contributed by atoms with E-state index in [1.807, 2.05) is 0 Å². The van der Waals surface area contributed by atoms with Crippen LogP contribution in [0.4, 0.5) is 0 Å². The molecule has 0 amide bonds. The summed E-state index contributed by atoms with van der Waals surface area (Å²) in [5.74, 6) is -0.844. The first-order valence-corrected chi connectivity index (χ1v) is 32.0. The number of ether oxygens (including phenoxy) is 3. The summed E-state index contributed by atoms with van der Waals surface area (Å²) < 4.78 is 16.8. The topological polar surface area (TPSA) is 78.9 Å². The molecule has 1 atom stereocenters. The smallest absolute Gasteiger partial charge is 0.306 e. The van der Waals surface area contributed by atoms with Crippen molar-refractivity contribution in [2.24, 2.45) is 0 Å². The maximum atomic E-state index is 12.8. The van der Waals surface area contributed by atoms with E-state index in [9.17, 15) is 14.4 Å². The zero-order valence-corrected chi connectivity index (χ0v) is 47.8. The summed E-state index contributed by atoms with van der Waals surface area (Å²) in [5, 5.41) is 0. The second kappa shape index (κ2) is 60.0. The quantitative estimate of drug-likeness (QED) is 0.0343. The molecule has 0 saturated heterocycles. The van der Waals surface area contributed by atoms with Crippen LogP contribution in [0, 0.1) is 0 Å². The highest BCUT2D eigenvalue weighted by atomic mass is 16.6. The van der Waals surface area contributed by atoms with Gasteiger partial charge in [0.2, 0.25) is 0 Å². The molecule has 0 spiro atoms. The minimum Gasteiger partial charge on any atom is -0.462 e. The summed E-state index contributed by atoms with van der Waals surface area (Å²) in [7, 11) is 0. The molecule has 0 aromatic rings. The van der Waals surface area contributed by atoms with Gasteiger partial charge in [-0.15, -0.1) is 0 Å². The number of hydrogen-bond donors (Lipinski definition) is 0. The Bertz CT molecular complexity index is 1040. The third-order valence-electron chi connectivity index (χ3n) is 14.9. The monoisotopic (exact) mass is 989 g/mol. The van der Waals surface area contributed by atoms with E-state index in [1.54, 1.807) is 0 Å². The van der Waals surface area contributed by atoms with Crippen molar-refractivity contribution in [2.75, 3.05) is 13.2 Å². The molecule has 0 bridgehead atoms. The van der Waals surface area contributed by atoms with Gasteiger partial charge in [0.1, 0.15) is 13.2 Å². The fourth-order valence-corrected chi connectivity index (χ4v) is 10.0. The summed E-state index contributed by atoms with van der Waals surface area (Å²) in [4.78, 5) is 37.9. The van der Waals surface area contributed by atoms with Crippen LogP contribution in [-0.2, 0) is 28.6 Å². The number of esters is 3. The summed E-state index contributed by atoms with van der Waals surface area (Å²) >= 11 is 0. The van der Waals surface area contributed by atoms with Gasteiger partial charge in [0.15, 0.2) is 6.10 Å². The number of hydrogen-bond acceptors (Lipinski definition) is 6. The maximum absolute atomic E-state index is 12.8. The van der Waals surface area contributed by atoms with Gasteiger partial charge in [-0.1, -0.05) is 335 Å². The van der Waals surface area contributed by atoms with Gasteiger partial charge in [0, 0.05) is 19.3 Å². The van der Waals surface area contributed by atoms with E-state index in [4.69, 9.17) is 14.2 Å². The molecule has 0 heterocycles. The molecule has 0 radical (unpaired) electrons. The van der Waals surface area contributed by atoms with E-state index in [0.717, 1.165) is 57.8 Å². The van der Waals surface area contributed by atoms with Crippen LogP contribution in [0.1, 0.15) is 374 Å². The second-order valence-corrected chi connectivity index (χ2v) is 22.1. The number of carbonyl (C=O) groups excluding carboxylic acids is 3. The lowest BCUT2D eigenvalue weighted by Crippen LogP contribution is -2.30. The van der Waals surface area contributed by atoms with E-state index in [2.05, 4.69) is 20.8 Å². The van der Waals surface area contributed by atoms with Gasteiger partial charge in [-0.25, -0.2) is 0 Å². The average Bonchev–Trinajstić information content (AvgIpc) is 3.36. The molecular weight excluding hydrogens is 865 g/mol. The van der Waals surface area contributed by atoms with Crippen LogP contribution in [0.2, 0.25) is 0 Å². The molecule has 6 heteroatoms. The van der Waals surface area contributed by atoms with Crippen molar-refractivity contribution in [3.8, 4) is 0 Å². The number of unbranched alkanes of at least 4 members (excludes halogenated alkanes) is 49. The van der Waals surface area contributed by atoms with Gasteiger partial charge in [-0.3, -0.25) is 14.4 Å². The minimum absolute atomic E-state index is 0.0621. The van der Waals surface area contributed by atoms with Gasteiger partial charge < -0.3 is 14.2 Å². The maximum Gasteiger partial charge on any atom is 0.306 e. The van der Waals surface area contributed by atoms with Crippen molar-refractivity contribution < 1.29 is 28.6 Å². The third-order valence-corrected chi connectivity index (χ3v) is 14.9. The molecule has 0 aromatic heterocycles. The van der Waals surface area contributed by atoms with Gasteiger partial charge in [-0.05, 0) is 19.3 Å². The Hall–Kier alpha value is -1.59. The fourth-order valence-electron chi connectivity index (χ4n) is 10.0. The highest BCUT2D eigenvalue weighted by molar-refractivity contribution is 5.71. The van der Waals surface area contributed by atoms with Crippen LogP contribution in [0.3, 0.4) is 0 Å². The fraction of sp³-hybridized carbons (Fsp3) is 0.953.